The average Bonchev–Trinajstić information content (AvgIpc) is 3.23. The molecule has 0 aromatic heterocycles. The van der Waals surface area contributed by atoms with Gasteiger partial charge in [-0.05, 0) is 24.3 Å². The highest BCUT2D eigenvalue weighted by molar-refractivity contribution is 6.34. The van der Waals surface area contributed by atoms with E-state index in [4.69, 9.17) is 21.1 Å². The number of rotatable bonds is 7. The first-order chi connectivity index (χ1) is 14.9. The summed E-state index contributed by atoms with van der Waals surface area (Å²) >= 11 is 6.39. The maximum absolute atomic E-state index is 13.2. The first-order valence-corrected chi connectivity index (χ1v) is 10.4. The van der Waals surface area contributed by atoms with Gasteiger partial charge in [-0.15, -0.1) is 0 Å². The van der Waals surface area contributed by atoms with Gasteiger partial charge in [0.05, 0.1) is 26.0 Å². The van der Waals surface area contributed by atoms with Gasteiger partial charge in [0.2, 0.25) is 5.91 Å². The lowest BCUT2D eigenvalue weighted by Crippen LogP contribution is -2.39. The Balaban J connectivity index is 2.02. The number of halogens is 1. The van der Waals surface area contributed by atoms with Crippen LogP contribution in [0.2, 0.25) is 5.02 Å². The van der Waals surface area contributed by atoms with E-state index in [2.05, 4.69) is 5.10 Å². The Bertz CT molecular complexity index is 1010. The Morgan fingerprint density at radius 1 is 1.19 bits per heavy atom. The van der Waals surface area contributed by atoms with Crippen LogP contribution in [0.4, 0.5) is 0 Å². The predicted molar refractivity (Wildman–Crippen MR) is 120 cm³/mol. The van der Waals surface area contributed by atoms with Crippen molar-refractivity contribution < 1.29 is 19.1 Å². The van der Waals surface area contributed by atoms with Crippen LogP contribution in [-0.2, 0) is 9.59 Å². The second kappa shape index (κ2) is 9.83. The van der Waals surface area contributed by atoms with Crippen molar-refractivity contribution >= 4 is 29.1 Å². The molecular formula is C23H26ClN3O4. The summed E-state index contributed by atoms with van der Waals surface area (Å²) in [5.41, 5.74) is 2.23. The van der Waals surface area contributed by atoms with Crippen LogP contribution in [0.1, 0.15) is 36.9 Å². The van der Waals surface area contributed by atoms with Crippen LogP contribution < -0.4 is 9.47 Å². The third-order valence-corrected chi connectivity index (χ3v) is 5.58. The molecule has 0 aliphatic carbocycles. The van der Waals surface area contributed by atoms with Gasteiger partial charge in [0, 0.05) is 36.0 Å². The minimum Gasteiger partial charge on any atom is -0.497 e. The molecule has 3 rings (SSSR count). The van der Waals surface area contributed by atoms with Crippen molar-refractivity contribution in [3.05, 3.63) is 58.6 Å². The molecular weight excluding hydrogens is 418 g/mol. The van der Waals surface area contributed by atoms with Gasteiger partial charge in [0.1, 0.15) is 18.0 Å². The highest BCUT2D eigenvalue weighted by Crippen LogP contribution is 2.40. The standard InChI is InChI=1S/C23H26ClN3O4/c1-5-22(28)26(2)14-23(29)27-20(17-12-15(30-3)10-11-21(17)31-4)13-19(25-27)16-8-6-7-9-18(16)24/h6-12,20H,5,13-14H2,1-4H3. The molecule has 0 N–H and O–H groups in total. The fourth-order valence-electron chi connectivity index (χ4n) is 3.57. The number of ether oxygens (including phenoxy) is 2. The van der Waals surface area contributed by atoms with Crippen molar-refractivity contribution in [2.45, 2.75) is 25.8 Å². The van der Waals surface area contributed by atoms with Crippen LogP contribution >= 0.6 is 11.6 Å². The molecule has 1 atom stereocenters. The van der Waals surface area contributed by atoms with E-state index in [1.807, 2.05) is 24.3 Å². The van der Waals surface area contributed by atoms with E-state index in [1.165, 1.54) is 9.91 Å². The van der Waals surface area contributed by atoms with E-state index < -0.39 is 6.04 Å². The summed E-state index contributed by atoms with van der Waals surface area (Å²) in [6.45, 7) is 1.69. The topological polar surface area (TPSA) is 71.4 Å². The first kappa shape index (κ1) is 22.6. The summed E-state index contributed by atoms with van der Waals surface area (Å²) in [7, 11) is 4.77. The Morgan fingerprint density at radius 3 is 2.58 bits per heavy atom. The van der Waals surface area contributed by atoms with Crippen molar-refractivity contribution in [3.63, 3.8) is 0 Å². The lowest BCUT2D eigenvalue weighted by molar-refractivity contribution is -0.140. The lowest BCUT2D eigenvalue weighted by Gasteiger charge is -2.26. The van der Waals surface area contributed by atoms with E-state index >= 15 is 0 Å². The maximum Gasteiger partial charge on any atom is 0.262 e. The molecule has 2 amide bonds. The number of hydrazone groups is 1. The van der Waals surface area contributed by atoms with Crippen molar-refractivity contribution in [2.24, 2.45) is 5.10 Å². The predicted octanol–water partition coefficient (Wildman–Crippen LogP) is 3.90. The molecule has 0 spiro atoms. The number of methoxy groups -OCH3 is 2. The van der Waals surface area contributed by atoms with Gasteiger partial charge < -0.3 is 14.4 Å². The van der Waals surface area contributed by atoms with E-state index in [1.54, 1.807) is 46.4 Å². The van der Waals surface area contributed by atoms with Crippen LogP contribution in [0.5, 0.6) is 11.5 Å². The Kier molecular flexibility index (Phi) is 7.17. The molecule has 8 heteroatoms. The highest BCUT2D eigenvalue weighted by atomic mass is 35.5. The number of hydrogen-bond acceptors (Lipinski definition) is 5. The summed E-state index contributed by atoms with van der Waals surface area (Å²) in [5, 5.41) is 6.61. The molecule has 1 aliphatic heterocycles. The molecule has 31 heavy (non-hydrogen) atoms. The highest BCUT2D eigenvalue weighted by Gasteiger charge is 2.36. The zero-order chi connectivity index (χ0) is 22.5. The molecule has 2 aromatic carbocycles. The molecule has 1 aliphatic rings. The smallest absolute Gasteiger partial charge is 0.262 e. The number of carbonyl (C=O) groups is 2. The van der Waals surface area contributed by atoms with Crippen LogP contribution in [0, 0.1) is 0 Å². The van der Waals surface area contributed by atoms with Crippen LogP contribution in [0.25, 0.3) is 0 Å². The zero-order valence-corrected chi connectivity index (χ0v) is 18.8. The first-order valence-electron chi connectivity index (χ1n) is 9.99. The molecule has 0 saturated heterocycles. The summed E-state index contributed by atoms with van der Waals surface area (Å²) in [5.74, 6) is 0.865. The minimum absolute atomic E-state index is 0.0746. The summed E-state index contributed by atoms with van der Waals surface area (Å²) in [6, 6.07) is 12.4. The van der Waals surface area contributed by atoms with Crippen LogP contribution in [0.3, 0.4) is 0 Å². The lowest BCUT2D eigenvalue weighted by atomic mass is 9.97. The third kappa shape index (κ3) is 4.82. The SMILES string of the molecule is CCC(=O)N(C)CC(=O)N1N=C(c2ccccc2Cl)CC1c1cc(OC)ccc1OC. The molecule has 7 nitrogen and oxygen atoms in total. The van der Waals surface area contributed by atoms with Gasteiger partial charge in [0.25, 0.3) is 5.91 Å². The number of amides is 2. The van der Waals surface area contributed by atoms with Gasteiger partial charge in [-0.1, -0.05) is 36.7 Å². The van der Waals surface area contributed by atoms with Gasteiger partial charge in [-0.25, -0.2) is 5.01 Å². The van der Waals surface area contributed by atoms with Crippen LogP contribution in [-0.4, -0.2) is 55.2 Å². The number of hydrogen-bond donors (Lipinski definition) is 0. The largest absolute Gasteiger partial charge is 0.497 e. The monoisotopic (exact) mass is 443 g/mol. The van der Waals surface area contributed by atoms with Gasteiger partial charge in [-0.2, -0.15) is 5.10 Å². The molecule has 164 valence electrons. The Labute approximate surface area is 187 Å². The number of nitrogens with zero attached hydrogens (tertiary/aromatic N) is 3. The summed E-state index contributed by atoms with van der Waals surface area (Å²) in [4.78, 5) is 26.6. The summed E-state index contributed by atoms with van der Waals surface area (Å²) < 4.78 is 10.9. The Morgan fingerprint density at radius 2 is 1.94 bits per heavy atom. The maximum atomic E-state index is 13.2. The second-order valence-corrected chi connectivity index (χ2v) is 7.60. The van der Waals surface area contributed by atoms with Crippen LogP contribution in [0.15, 0.2) is 47.6 Å². The molecule has 0 saturated carbocycles. The molecule has 0 fully saturated rings. The van der Waals surface area contributed by atoms with E-state index in [0.717, 1.165) is 11.1 Å². The average molecular weight is 444 g/mol. The van der Waals surface area contributed by atoms with Crippen molar-refractivity contribution in [3.8, 4) is 11.5 Å². The quantitative estimate of drug-likeness (QED) is 0.650. The van der Waals surface area contributed by atoms with Gasteiger partial charge in [0.15, 0.2) is 0 Å². The second-order valence-electron chi connectivity index (χ2n) is 7.20. The number of carbonyl (C=O) groups excluding carboxylic acids is 2. The van der Waals surface area contributed by atoms with E-state index in [0.29, 0.717) is 35.1 Å². The molecule has 0 bridgehead atoms. The zero-order valence-electron chi connectivity index (χ0n) is 18.1. The van der Waals surface area contributed by atoms with Gasteiger partial charge >= 0.3 is 0 Å². The van der Waals surface area contributed by atoms with Crippen molar-refractivity contribution in [1.29, 1.82) is 0 Å². The fourth-order valence-corrected chi connectivity index (χ4v) is 3.82. The molecule has 2 aromatic rings. The van der Waals surface area contributed by atoms with Crippen molar-refractivity contribution in [2.75, 3.05) is 27.8 Å². The Hall–Kier alpha value is -3.06. The fraction of sp³-hybridized carbons (Fsp3) is 0.348. The summed E-state index contributed by atoms with van der Waals surface area (Å²) in [6.07, 6.45) is 0.773. The molecule has 1 unspecified atom stereocenters. The number of likely N-dealkylation sites (N-methyl/N-ethyl adjacent to an activating group) is 1. The molecule has 1 heterocycles. The van der Waals surface area contributed by atoms with E-state index in [-0.39, 0.29) is 18.4 Å². The number of benzene rings is 2. The minimum atomic E-state index is -0.422. The van der Waals surface area contributed by atoms with Crippen molar-refractivity contribution in [1.82, 2.24) is 9.91 Å². The van der Waals surface area contributed by atoms with E-state index in [9.17, 15) is 9.59 Å². The third-order valence-electron chi connectivity index (χ3n) is 5.25. The van der Waals surface area contributed by atoms with Gasteiger partial charge in [-0.3, -0.25) is 9.59 Å². The molecule has 0 radical (unpaired) electrons. The normalized spacial score (nSPS) is 15.5.